The minimum Gasteiger partial charge on any atom is -0.496 e. The van der Waals surface area contributed by atoms with Crippen molar-refractivity contribution in [3.05, 3.63) is 41.7 Å². The number of aromatic nitrogens is 3. The molecule has 0 bridgehead atoms. The number of hydrogen-bond acceptors (Lipinski definition) is 8. The molecule has 0 aliphatic carbocycles. The number of carbonyl (C=O) groups is 2. The summed E-state index contributed by atoms with van der Waals surface area (Å²) in [6, 6.07) is 3.61. The maximum atomic E-state index is 12.9. The predicted octanol–water partition coefficient (Wildman–Crippen LogP) is 3.69. The fraction of sp³-hybridized carbons (Fsp3) is 0.500. The molecule has 0 saturated carbocycles. The number of carbonyl (C=O) groups excluding carboxylic acids is 2. The van der Waals surface area contributed by atoms with E-state index in [0.29, 0.717) is 41.6 Å². The van der Waals surface area contributed by atoms with Crippen molar-refractivity contribution in [3.63, 3.8) is 0 Å². The van der Waals surface area contributed by atoms with E-state index in [4.69, 9.17) is 18.6 Å². The number of benzene rings is 1. The molecule has 0 N–H and O–H groups in total. The molecule has 9 nitrogen and oxygen atoms in total. The van der Waals surface area contributed by atoms with Crippen LogP contribution in [0.4, 0.5) is 0 Å². The van der Waals surface area contributed by atoms with E-state index in [0.717, 1.165) is 18.2 Å². The third-order valence-corrected chi connectivity index (χ3v) is 5.39. The maximum Gasteiger partial charge on any atom is 0.328 e. The number of ketones is 1. The van der Waals surface area contributed by atoms with Gasteiger partial charge in [-0.3, -0.25) is 14.3 Å². The first-order chi connectivity index (χ1) is 15.7. The van der Waals surface area contributed by atoms with Crippen LogP contribution in [-0.4, -0.2) is 52.4 Å². The quantitative estimate of drug-likeness (QED) is 0.392. The largest absolute Gasteiger partial charge is 0.496 e. The Balaban J connectivity index is 1.50. The first kappa shape index (κ1) is 23.0. The normalized spacial score (nSPS) is 15.0. The molecule has 1 fully saturated rings. The van der Waals surface area contributed by atoms with Crippen LogP contribution >= 0.6 is 0 Å². The zero-order valence-corrected chi connectivity index (χ0v) is 19.4. The van der Waals surface area contributed by atoms with Gasteiger partial charge in [0.15, 0.2) is 11.7 Å². The minimum atomic E-state index is -0.563. The first-order valence-corrected chi connectivity index (χ1v) is 11.0. The lowest BCUT2D eigenvalue weighted by Crippen LogP contribution is -2.26. The van der Waals surface area contributed by atoms with Crippen LogP contribution in [0, 0.1) is 0 Å². The van der Waals surface area contributed by atoms with E-state index in [1.54, 1.807) is 19.4 Å². The Labute approximate surface area is 192 Å². The van der Waals surface area contributed by atoms with Gasteiger partial charge in [-0.15, -0.1) is 0 Å². The average Bonchev–Trinajstić information content (AvgIpc) is 3.39. The highest BCUT2D eigenvalue weighted by Gasteiger charge is 2.23. The van der Waals surface area contributed by atoms with Gasteiger partial charge in [-0.25, -0.2) is 4.98 Å². The lowest BCUT2D eigenvalue weighted by molar-refractivity contribution is -0.155. The van der Waals surface area contributed by atoms with E-state index in [2.05, 4.69) is 10.1 Å². The number of Topliss-reactive ketones (excluding diaryl/α,β-unsaturated/α-hetero) is 1. The molecule has 0 atom stereocenters. The van der Waals surface area contributed by atoms with Crippen molar-refractivity contribution < 1.29 is 28.2 Å². The fourth-order valence-corrected chi connectivity index (χ4v) is 3.88. The van der Waals surface area contributed by atoms with Crippen LogP contribution < -0.4 is 4.74 Å². The molecule has 0 radical (unpaired) electrons. The van der Waals surface area contributed by atoms with Gasteiger partial charge in [-0.2, -0.15) is 5.10 Å². The van der Waals surface area contributed by atoms with Crippen molar-refractivity contribution in [2.75, 3.05) is 20.3 Å². The molecule has 1 saturated heterocycles. The number of esters is 1. The van der Waals surface area contributed by atoms with Gasteiger partial charge in [0.05, 0.1) is 12.6 Å². The third kappa shape index (κ3) is 5.60. The van der Waals surface area contributed by atoms with Crippen molar-refractivity contribution in [1.29, 1.82) is 0 Å². The summed E-state index contributed by atoms with van der Waals surface area (Å²) < 4.78 is 23.4. The molecule has 2 aromatic heterocycles. The second-order valence-corrected chi connectivity index (χ2v) is 9.19. The summed E-state index contributed by atoms with van der Waals surface area (Å²) in [6.45, 7) is 6.81. The first-order valence-electron chi connectivity index (χ1n) is 11.0. The number of oxazole rings is 1. The highest BCUT2D eigenvalue weighted by Crippen LogP contribution is 2.28. The minimum absolute atomic E-state index is 0.00352. The Bertz CT molecular complexity index is 1150. The smallest absolute Gasteiger partial charge is 0.328 e. The summed E-state index contributed by atoms with van der Waals surface area (Å²) in [5.41, 5.74) is 1.11. The molecule has 0 unspecified atom stereocenters. The summed E-state index contributed by atoms with van der Waals surface area (Å²) in [4.78, 5) is 29.5. The Morgan fingerprint density at radius 1 is 1.21 bits per heavy atom. The zero-order chi connectivity index (χ0) is 23.6. The molecular weight excluding hydrogens is 426 g/mol. The van der Waals surface area contributed by atoms with Gasteiger partial charge in [0, 0.05) is 48.8 Å². The molecule has 1 aliphatic heterocycles. The fourth-order valence-electron chi connectivity index (χ4n) is 3.88. The molecule has 3 heterocycles. The topological polar surface area (TPSA) is 106 Å². The Hall–Kier alpha value is -3.20. The van der Waals surface area contributed by atoms with E-state index >= 15 is 0 Å². The number of fused-ring (bicyclic) bond motifs is 1. The third-order valence-electron chi connectivity index (χ3n) is 5.39. The summed E-state index contributed by atoms with van der Waals surface area (Å²) in [7, 11) is 1.55. The van der Waals surface area contributed by atoms with E-state index in [1.165, 1.54) is 10.9 Å². The second kappa shape index (κ2) is 9.35. The lowest BCUT2D eigenvalue weighted by Gasteiger charge is -2.19. The number of methoxy groups -OCH3 is 1. The molecule has 33 heavy (non-hydrogen) atoms. The highest BCUT2D eigenvalue weighted by atomic mass is 16.6. The van der Waals surface area contributed by atoms with Crippen LogP contribution in [-0.2, 0) is 27.2 Å². The zero-order valence-electron chi connectivity index (χ0n) is 19.4. The Morgan fingerprint density at radius 3 is 2.67 bits per heavy atom. The molecule has 176 valence electrons. The van der Waals surface area contributed by atoms with Crippen LogP contribution in [0.15, 0.2) is 29.0 Å². The molecule has 4 rings (SSSR count). The number of ether oxygens (including phenoxy) is 3. The highest BCUT2D eigenvalue weighted by molar-refractivity contribution is 5.96. The van der Waals surface area contributed by atoms with E-state index in [9.17, 15) is 9.59 Å². The van der Waals surface area contributed by atoms with Crippen LogP contribution in [0.2, 0.25) is 0 Å². The van der Waals surface area contributed by atoms with Crippen LogP contribution in [0.1, 0.15) is 61.5 Å². The van der Waals surface area contributed by atoms with Crippen molar-refractivity contribution >= 4 is 22.7 Å². The molecule has 1 aliphatic rings. The number of hydrogen-bond donors (Lipinski definition) is 0. The van der Waals surface area contributed by atoms with Crippen LogP contribution in [0.3, 0.4) is 0 Å². The summed E-state index contributed by atoms with van der Waals surface area (Å²) >= 11 is 0. The molecule has 9 heteroatoms. The molecule has 0 amide bonds. The van der Waals surface area contributed by atoms with Gasteiger partial charge in [0.2, 0.25) is 0 Å². The Morgan fingerprint density at radius 2 is 1.97 bits per heavy atom. The van der Waals surface area contributed by atoms with E-state index in [-0.39, 0.29) is 30.6 Å². The summed E-state index contributed by atoms with van der Waals surface area (Å²) in [6.07, 6.45) is 4.97. The van der Waals surface area contributed by atoms with Crippen LogP contribution in [0.25, 0.3) is 10.9 Å². The van der Waals surface area contributed by atoms with E-state index in [1.807, 2.05) is 26.8 Å². The Kier molecular flexibility index (Phi) is 6.51. The van der Waals surface area contributed by atoms with Crippen molar-refractivity contribution in [2.45, 2.75) is 58.1 Å². The van der Waals surface area contributed by atoms with Gasteiger partial charge < -0.3 is 18.6 Å². The molecular formula is C24H29N3O6. The average molecular weight is 456 g/mol. The summed E-state index contributed by atoms with van der Waals surface area (Å²) in [5, 5.41) is 5.23. The van der Waals surface area contributed by atoms with Crippen LogP contribution in [0.5, 0.6) is 5.75 Å². The molecule has 3 aromatic rings. The van der Waals surface area contributed by atoms with Gasteiger partial charge in [-0.1, -0.05) is 0 Å². The van der Waals surface area contributed by atoms with Gasteiger partial charge in [0.1, 0.15) is 29.9 Å². The van der Waals surface area contributed by atoms with Crippen molar-refractivity contribution in [1.82, 2.24) is 14.8 Å². The second-order valence-electron chi connectivity index (χ2n) is 9.19. The predicted molar refractivity (Wildman–Crippen MR) is 119 cm³/mol. The SMILES string of the molecule is COc1cc2nn(CC(=O)OC(C)(C)C)cc2cc1CC(=O)c1coc(C2CCOCC2)n1. The number of rotatable bonds is 7. The van der Waals surface area contributed by atoms with Crippen molar-refractivity contribution in [2.24, 2.45) is 0 Å². The lowest BCUT2D eigenvalue weighted by atomic mass is 10.0. The standard InChI is InChI=1S/C24H29N3O6/c1-24(2,3)33-22(29)13-27-12-17-9-16(21(30-4)11-18(17)26-27)10-20(28)19-14-32-23(25-19)15-5-7-31-8-6-15/h9,11-12,14-15H,5-8,10,13H2,1-4H3. The van der Waals surface area contributed by atoms with Crippen molar-refractivity contribution in [3.8, 4) is 5.75 Å². The summed E-state index contributed by atoms with van der Waals surface area (Å²) in [5.74, 6) is 0.792. The molecule has 0 spiro atoms. The van der Waals surface area contributed by atoms with Gasteiger partial charge >= 0.3 is 5.97 Å². The number of nitrogens with zero attached hydrogens (tertiary/aromatic N) is 3. The monoisotopic (exact) mass is 455 g/mol. The maximum absolute atomic E-state index is 12.9. The molecule has 1 aromatic carbocycles. The van der Waals surface area contributed by atoms with Gasteiger partial charge in [0.25, 0.3) is 0 Å². The van der Waals surface area contributed by atoms with Gasteiger partial charge in [-0.05, 0) is 39.7 Å². The van der Waals surface area contributed by atoms with E-state index < -0.39 is 5.60 Å².